The Morgan fingerprint density at radius 2 is 1.59 bits per heavy atom. The lowest BCUT2D eigenvalue weighted by molar-refractivity contribution is -0.137. The van der Waals surface area contributed by atoms with Crippen molar-refractivity contribution in [2.45, 2.75) is 18.8 Å². The number of halogens is 3. The van der Waals surface area contributed by atoms with Gasteiger partial charge >= 0.3 is 6.18 Å². The Morgan fingerprint density at radius 3 is 2.25 bits per heavy atom. The van der Waals surface area contributed by atoms with E-state index in [1.165, 1.54) is 12.1 Å². The van der Waals surface area contributed by atoms with Crippen LogP contribution in [0.4, 0.5) is 13.2 Å². The highest BCUT2D eigenvalue weighted by Gasteiger charge is 2.33. The summed E-state index contributed by atoms with van der Waals surface area (Å²) in [6.07, 6.45) is -3.36. The molecule has 0 bridgehead atoms. The average Bonchev–Trinajstić information content (AvgIpc) is 2.78. The van der Waals surface area contributed by atoms with Gasteiger partial charge in [-0.1, -0.05) is 66.7 Å². The third-order valence-corrected chi connectivity index (χ3v) is 4.95. The van der Waals surface area contributed by atoms with Crippen LogP contribution in [0, 0.1) is 0 Å². The lowest BCUT2D eigenvalue weighted by Crippen LogP contribution is -2.35. The summed E-state index contributed by atoms with van der Waals surface area (Å²) in [5, 5.41) is 10.4. The number of rotatable bonds is 10. The van der Waals surface area contributed by atoms with Crippen LogP contribution in [0.5, 0.6) is 5.75 Å². The van der Waals surface area contributed by atoms with Gasteiger partial charge in [-0.3, -0.25) is 4.90 Å². The smallest absolute Gasteiger partial charge is 0.417 e. The molecule has 0 radical (unpaired) electrons. The van der Waals surface area contributed by atoms with Crippen molar-refractivity contribution in [3.8, 4) is 16.9 Å². The van der Waals surface area contributed by atoms with Crippen molar-refractivity contribution in [2.75, 3.05) is 19.7 Å². The van der Waals surface area contributed by atoms with Crippen molar-refractivity contribution in [3.63, 3.8) is 0 Å². The molecule has 0 fully saturated rings. The van der Waals surface area contributed by atoms with Gasteiger partial charge in [0.25, 0.3) is 0 Å². The Labute approximate surface area is 186 Å². The SMILES string of the molecule is C=CCN(Cc1ccc(-c2ccccc2C(F)(F)F)cc1)CC(O)COc1ccccc1. The summed E-state index contributed by atoms with van der Waals surface area (Å²) in [5.41, 5.74) is 0.940. The summed E-state index contributed by atoms with van der Waals surface area (Å²) in [6.45, 7) is 5.38. The van der Waals surface area contributed by atoms with E-state index in [1.807, 2.05) is 47.4 Å². The minimum Gasteiger partial charge on any atom is -0.491 e. The minimum atomic E-state index is -4.41. The molecule has 0 heterocycles. The number of ether oxygens (including phenoxy) is 1. The summed E-state index contributed by atoms with van der Waals surface area (Å²) >= 11 is 0. The molecule has 6 heteroatoms. The van der Waals surface area contributed by atoms with Crippen molar-refractivity contribution in [2.24, 2.45) is 0 Å². The second-order valence-electron chi connectivity index (χ2n) is 7.50. The highest BCUT2D eigenvalue weighted by molar-refractivity contribution is 5.68. The number of benzene rings is 3. The zero-order chi connectivity index (χ0) is 23.0. The van der Waals surface area contributed by atoms with Crippen LogP contribution in [0.1, 0.15) is 11.1 Å². The molecule has 0 aliphatic carbocycles. The first kappa shape index (κ1) is 23.6. The third-order valence-electron chi connectivity index (χ3n) is 4.95. The molecule has 0 aliphatic rings. The second-order valence-corrected chi connectivity index (χ2v) is 7.50. The largest absolute Gasteiger partial charge is 0.491 e. The van der Waals surface area contributed by atoms with E-state index in [0.29, 0.717) is 30.9 Å². The van der Waals surface area contributed by atoms with E-state index in [1.54, 1.807) is 24.3 Å². The lowest BCUT2D eigenvalue weighted by Gasteiger charge is -2.24. The summed E-state index contributed by atoms with van der Waals surface area (Å²) in [7, 11) is 0. The molecule has 3 aromatic carbocycles. The van der Waals surface area contributed by atoms with E-state index in [9.17, 15) is 18.3 Å². The van der Waals surface area contributed by atoms with Gasteiger partial charge in [0.1, 0.15) is 18.5 Å². The maximum absolute atomic E-state index is 13.3. The van der Waals surface area contributed by atoms with Gasteiger partial charge in [-0.25, -0.2) is 0 Å². The molecule has 3 rings (SSSR count). The van der Waals surface area contributed by atoms with Crippen LogP contribution in [0.25, 0.3) is 11.1 Å². The van der Waals surface area contributed by atoms with E-state index in [4.69, 9.17) is 4.74 Å². The topological polar surface area (TPSA) is 32.7 Å². The van der Waals surface area contributed by atoms with Crippen LogP contribution in [0.3, 0.4) is 0 Å². The first-order valence-corrected chi connectivity index (χ1v) is 10.3. The zero-order valence-corrected chi connectivity index (χ0v) is 17.6. The van der Waals surface area contributed by atoms with Gasteiger partial charge in [0.05, 0.1) is 5.56 Å². The van der Waals surface area contributed by atoms with Crippen LogP contribution < -0.4 is 4.74 Å². The molecule has 1 unspecified atom stereocenters. The Kier molecular flexibility index (Phi) is 8.09. The molecule has 3 nitrogen and oxygen atoms in total. The summed E-state index contributed by atoms with van der Waals surface area (Å²) in [5.74, 6) is 0.691. The standard InChI is InChI=1S/C26H26F3NO2/c1-2-16-30(18-22(31)19-32-23-8-4-3-5-9-23)17-20-12-14-21(15-13-20)24-10-6-7-11-25(24)26(27,28)29/h2-15,22,31H,1,16-19H2. The second kappa shape index (κ2) is 11.0. The molecular formula is C26H26F3NO2. The van der Waals surface area contributed by atoms with E-state index in [2.05, 4.69) is 6.58 Å². The van der Waals surface area contributed by atoms with E-state index >= 15 is 0 Å². The molecule has 0 spiro atoms. The predicted octanol–water partition coefficient (Wildman–Crippen LogP) is 5.80. The molecule has 168 valence electrons. The normalized spacial score (nSPS) is 12.5. The molecule has 1 N–H and O–H groups in total. The Balaban J connectivity index is 1.64. The number of para-hydroxylation sites is 1. The quantitative estimate of drug-likeness (QED) is 0.404. The molecule has 0 aliphatic heterocycles. The molecular weight excluding hydrogens is 415 g/mol. The molecule has 0 saturated carbocycles. The summed E-state index contributed by atoms with van der Waals surface area (Å²) < 4.78 is 45.5. The van der Waals surface area contributed by atoms with Crippen molar-refractivity contribution in [1.29, 1.82) is 0 Å². The third kappa shape index (κ3) is 6.70. The van der Waals surface area contributed by atoms with Crippen molar-refractivity contribution in [3.05, 3.63) is 103 Å². The van der Waals surface area contributed by atoms with E-state index in [0.717, 1.165) is 11.6 Å². The number of alkyl halides is 3. The Morgan fingerprint density at radius 1 is 0.938 bits per heavy atom. The number of aliphatic hydroxyl groups excluding tert-OH is 1. The molecule has 0 aromatic heterocycles. The minimum absolute atomic E-state index is 0.156. The molecule has 1 atom stereocenters. The number of hydrogen-bond donors (Lipinski definition) is 1. The van der Waals surface area contributed by atoms with Crippen molar-refractivity contribution in [1.82, 2.24) is 4.90 Å². The van der Waals surface area contributed by atoms with Gasteiger partial charge in [-0.15, -0.1) is 6.58 Å². The van der Waals surface area contributed by atoms with Crippen molar-refractivity contribution < 1.29 is 23.0 Å². The van der Waals surface area contributed by atoms with Crippen LogP contribution in [0.2, 0.25) is 0 Å². The monoisotopic (exact) mass is 441 g/mol. The lowest BCUT2D eigenvalue weighted by atomic mass is 9.98. The highest BCUT2D eigenvalue weighted by Crippen LogP contribution is 2.36. The van der Waals surface area contributed by atoms with Crippen LogP contribution in [-0.2, 0) is 12.7 Å². The summed E-state index contributed by atoms with van der Waals surface area (Å²) in [4.78, 5) is 2.00. The molecule has 32 heavy (non-hydrogen) atoms. The van der Waals surface area contributed by atoms with Crippen LogP contribution in [0.15, 0.2) is 91.5 Å². The fourth-order valence-corrected chi connectivity index (χ4v) is 3.48. The van der Waals surface area contributed by atoms with Gasteiger partial charge in [0.2, 0.25) is 0 Å². The number of nitrogens with zero attached hydrogens (tertiary/aromatic N) is 1. The van der Waals surface area contributed by atoms with Gasteiger partial charge in [0, 0.05) is 19.6 Å². The average molecular weight is 441 g/mol. The Bertz CT molecular complexity index is 988. The van der Waals surface area contributed by atoms with Gasteiger partial charge in [0.15, 0.2) is 0 Å². The number of hydrogen-bond acceptors (Lipinski definition) is 3. The predicted molar refractivity (Wildman–Crippen MR) is 120 cm³/mol. The van der Waals surface area contributed by atoms with E-state index < -0.39 is 17.8 Å². The highest BCUT2D eigenvalue weighted by atomic mass is 19.4. The first-order valence-electron chi connectivity index (χ1n) is 10.3. The fraction of sp³-hybridized carbons (Fsp3) is 0.231. The Hall–Kier alpha value is -3.09. The van der Waals surface area contributed by atoms with Gasteiger partial charge in [-0.05, 0) is 34.9 Å². The summed E-state index contributed by atoms with van der Waals surface area (Å²) in [6, 6.07) is 21.8. The van der Waals surface area contributed by atoms with Crippen LogP contribution >= 0.6 is 0 Å². The first-order chi connectivity index (χ1) is 15.4. The van der Waals surface area contributed by atoms with E-state index in [-0.39, 0.29) is 12.2 Å². The molecule has 0 saturated heterocycles. The number of aliphatic hydroxyl groups is 1. The van der Waals surface area contributed by atoms with Gasteiger partial charge < -0.3 is 9.84 Å². The van der Waals surface area contributed by atoms with Gasteiger partial charge in [-0.2, -0.15) is 13.2 Å². The maximum atomic E-state index is 13.3. The fourth-order valence-electron chi connectivity index (χ4n) is 3.48. The zero-order valence-electron chi connectivity index (χ0n) is 17.6. The maximum Gasteiger partial charge on any atom is 0.417 e. The van der Waals surface area contributed by atoms with Crippen molar-refractivity contribution >= 4 is 0 Å². The van der Waals surface area contributed by atoms with Crippen LogP contribution in [-0.4, -0.2) is 35.8 Å². The molecule has 0 amide bonds. The molecule has 3 aromatic rings.